The van der Waals surface area contributed by atoms with Crippen molar-refractivity contribution in [3.05, 3.63) is 0 Å². The van der Waals surface area contributed by atoms with Gasteiger partial charge in [0.15, 0.2) is 0 Å². The molecule has 0 bridgehead atoms. The van der Waals surface area contributed by atoms with Gasteiger partial charge < -0.3 is 10.5 Å². The monoisotopic (exact) mass is 255 g/mol. The van der Waals surface area contributed by atoms with Crippen LogP contribution >= 0.6 is 0 Å². The van der Waals surface area contributed by atoms with Gasteiger partial charge in [0, 0.05) is 45.3 Å². The first-order valence-corrected chi connectivity index (χ1v) is 7.54. The molecule has 2 aliphatic rings. The Morgan fingerprint density at radius 3 is 2.39 bits per heavy atom. The standard InChI is InChI=1S/C14H29N3O/c1-3-12(2)17-8-6-16(7-9-17)11-14-5-4-13(10-15)18-14/h12-14H,3-11,15H2,1-2H3. The van der Waals surface area contributed by atoms with Crippen molar-refractivity contribution in [1.82, 2.24) is 9.80 Å². The maximum Gasteiger partial charge on any atom is 0.0707 e. The molecule has 2 heterocycles. The van der Waals surface area contributed by atoms with E-state index in [4.69, 9.17) is 10.5 Å². The van der Waals surface area contributed by atoms with E-state index in [1.807, 2.05) is 0 Å². The molecule has 106 valence electrons. The van der Waals surface area contributed by atoms with E-state index < -0.39 is 0 Å². The lowest BCUT2D eigenvalue weighted by atomic mass is 10.1. The minimum absolute atomic E-state index is 0.316. The predicted octanol–water partition coefficient (Wildman–Crippen LogP) is 0.909. The number of piperazine rings is 1. The maximum atomic E-state index is 5.93. The van der Waals surface area contributed by atoms with E-state index >= 15 is 0 Å². The summed E-state index contributed by atoms with van der Waals surface area (Å²) in [5.74, 6) is 0. The van der Waals surface area contributed by atoms with Crippen molar-refractivity contribution in [3.8, 4) is 0 Å². The summed E-state index contributed by atoms with van der Waals surface area (Å²) in [6, 6.07) is 0.733. The highest BCUT2D eigenvalue weighted by molar-refractivity contribution is 4.81. The van der Waals surface area contributed by atoms with Crippen LogP contribution in [-0.4, -0.2) is 67.3 Å². The quantitative estimate of drug-likeness (QED) is 0.793. The van der Waals surface area contributed by atoms with Crippen molar-refractivity contribution in [1.29, 1.82) is 0 Å². The van der Waals surface area contributed by atoms with Crippen LogP contribution in [-0.2, 0) is 4.74 Å². The molecular formula is C14H29N3O. The Kier molecular flexibility index (Phi) is 5.42. The van der Waals surface area contributed by atoms with Crippen molar-refractivity contribution in [2.24, 2.45) is 5.73 Å². The maximum absolute atomic E-state index is 5.93. The second-order valence-corrected chi connectivity index (χ2v) is 5.79. The minimum atomic E-state index is 0.316. The first kappa shape index (κ1) is 14.3. The highest BCUT2D eigenvalue weighted by Gasteiger charge is 2.27. The van der Waals surface area contributed by atoms with Crippen LogP contribution in [0.3, 0.4) is 0 Å². The van der Waals surface area contributed by atoms with E-state index in [0.717, 1.165) is 19.0 Å². The van der Waals surface area contributed by atoms with Crippen LogP contribution in [0.5, 0.6) is 0 Å². The zero-order chi connectivity index (χ0) is 13.0. The fourth-order valence-corrected chi connectivity index (χ4v) is 3.02. The Morgan fingerprint density at radius 2 is 1.83 bits per heavy atom. The van der Waals surface area contributed by atoms with Crippen LogP contribution in [0.1, 0.15) is 33.1 Å². The lowest BCUT2D eigenvalue weighted by Crippen LogP contribution is -2.51. The molecule has 0 saturated carbocycles. The average molecular weight is 255 g/mol. The summed E-state index contributed by atoms with van der Waals surface area (Å²) >= 11 is 0. The number of rotatable bonds is 5. The third-order valence-electron chi connectivity index (χ3n) is 4.54. The first-order chi connectivity index (χ1) is 8.72. The summed E-state index contributed by atoms with van der Waals surface area (Å²) in [6.45, 7) is 11.2. The normalized spacial score (nSPS) is 32.8. The Bertz CT molecular complexity index is 241. The lowest BCUT2D eigenvalue weighted by Gasteiger charge is -2.38. The molecule has 0 aliphatic carbocycles. The summed E-state index contributed by atoms with van der Waals surface area (Å²) in [5.41, 5.74) is 5.65. The van der Waals surface area contributed by atoms with Crippen LogP contribution in [0.25, 0.3) is 0 Å². The molecule has 4 heteroatoms. The molecule has 3 unspecified atom stereocenters. The van der Waals surface area contributed by atoms with E-state index in [1.54, 1.807) is 0 Å². The molecule has 0 aromatic rings. The zero-order valence-electron chi connectivity index (χ0n) is 12.0. The number of nitrogens with zero attached hydrogens (tertiary/aromatic N) is 2. The number of hydrogen-bond acceptors (Lipinski definition) is 4. The number of hydrogen-bond donors (Lipinski definition) is 1. The van der Waals surface area contributed by atoms with E-state index in [9.17, 15) is 0 Å². The Balaban J connectivity index is 1.68. The van der Waals surface area contributed by atoms with Gasteiger partial charge in [0.2, 0.25) is 0 Å². The van der Waals surface area contributed by atoms with Gasteiger partial charge in [0.25, 0.3) is 0 Å². The largest absolute Gasteiger partial charge is 0.372 e. The summed E-state index contributed by atoms with van der Waals surface area (Å²) in [7, 11) is 0. The molecule has 0 spiro atoms. The summed E-state index contributed by atoms with van der Waals surface area (Å²) < 4.78 is 5.93. The van der Waals surface area contributed by atoms with Crippen LogP contribution < -0.4 is 5.73 Å². The van der Waals surface area contributed by atoms with Gasteiger partial charge in [-0.1, -0.05) is 6.92 Å². The fourth-order valence-electron chi connectivity index (χ4n) is 3.02. The highest BCUT2D eigenvalue weighted by atomic mass is 16.5. The van der Waals surface area contributed by atoms with Gasteiger partial charge in [-0.05, 0) is 26.2 Å². The van der Waals surface area contributed by atoms with Crippen molar-refractivity contribution >= 4 is 0 Å². The molecule has 4 nitrogen and oxygen atoms in total. The molecule has 2 rings (SSSR count). The Labute approximate surface area is 111 Å². The Hall–Kier alpha value is -0.160. The van der Waals surface area contributed by atoms with Gasteiger partial charge in [-0.2, -0.15) is 0 Å². The van der Waals surface area contributed by atoms with Crippen LogP contribution in [0.2, 0.25) is 0 Å². The molecule has 2 saturated heterocycles. The molecule has 0 amide bonds. The molecule has 0 aromatic heterocycles. The zero-order valence-corrected chi connectivity index (χ0v) is 12.0. The molecule has 0 aromatic carbocycles. The van der Waals surface area contributed by atoms with Crippen LogP contribution in [0.4, 0.5) is 0 Å². The lowest BCUT2D eigenvalue weighted by molar-refractivity contribution is 0.0117. The summed E-state index contributed by atoms with van der Waals surface area (Å²) in [4.78, 5) is 5.16. The molecule has 18 heavy (non-hydrogen) atoms. The van der Waals surface area contributed by atoms with E-state index in [1.165, 1.54) is 39.0 Å². The van der Waals surface area contributed by atoms with Gasteiger partial charge in [-0.15, -0.1) is 0 Å². The third-order valence-corrected chi connectivity index (χ3v) is 4.54. The minimum Gasteiger partial charge on any atom is -0.372 e. The molecule has 3 atom stereocenters. The van der Waals surface area contributed by atoms with Gasteiger partial charge in [0.05, 0.1) is 12.2 Å². The predicted molar refractivity (Wildman–Crippen MR) is 74.7 cm³/mol. The van der Waals surface area contributed by atoms with Gasteiger partial charge in [-0.3, -0.25) is 9.80 Å². The number of ether oxygens (including phenoxy) is 1. The second-order valence-electron chi connectivity index (χ2n) is 5.79. The third kappa shape index (κ3) is 3.67. The summed E-state index contributed by atoms with van der Waals surface area (Å²) in [5, 5.41) is 0. The van der Waals surface area contributed by atoms with Crippen LogP contribution in [0.15, 0.2) is 0 Å². The van der Waals surface area contributed by atoms with Crippen LogP contribution in [0, 0.1) is 0 Å². The van der Waals surface area contributed by atoms with Crippen molar-refractivity contribution in [2.45, 2.75) is 51.4 Å². The first-order valence-electron chi connectivity index (χ1n) is 7.54. The molecule has 2 N–H and O–H groups in total. The van der Waals surface area contributed by atoms with Crippen molar-refractivity contribution in [2.75, 3.05) is 39.3 Å². The van der Waals surface area contributed by atoms with Gasteiger partial charge in [0.1, 0.15) is 0 Å². The van der Waals surface area contributed by atoms with Crippen molar-refractivity contribution < 1.29 is 4.74 Å². The molecule has 2 aliphatic heterocycles. The summed E-state index contributed by atoms with van der Waals surface area (Å²) in [6.07, 6.45) is 4.33. The Morgan fingerprint density at radius 1 is 1.17 bits per heavy atom. The second kappa shape index (κ2) is 6.85. The van der Waals surface area contributed by atoms with Crippen molar-refractivity contribution in [3.63, 3.8) is 0 Å². The van der Waals surface area contributed by atoms with Gasteiger partial charge in [-0.25, -0.2) is 0 Å². The van der Waals surface area contributed by atoms with Gasteiger partial charge >= 0.3 is 0 Å². The fraction of sp³-hybridized carbons (Fsp3) is 1.00. The number of nitrogens with two attached hydrogens (primary N) is 1. The highest BCUT2D eigenvalue weighted by Crippen LogP contribution is 2.20. The molecular weight excluding hydrogens is 226 g/mol. The van der Waals surface area contributed by atoms with E-state index in [0.29, 0.717) is 18.8 Å². The van der Waals surface area contributed by atoms with E-state index in [-0.39, 0.29) is 0 Å². The average Bonchev–Trinajstić information content (AvgIpc) is 2.86. The smallest absolute Gasteiger partial charge is 0.0707 e. The SMILES string of the molecule is CCC(C)N1CCN(CC2CCC(CN)O2)CC1. The molecule has 0 radical (unpaired) electrons. The molecule has 2 fully saturated rings. The van der Waals surface area contributed by atoms with E-state index in [2.05, 4.69) is 23.6 Å². The topological polar surface area (TPSA) is 41.7 Å².